The first-order valence-corrected chi connectivity index (χ1v) is 4.77. The maximum absolute atomic E-state index is 13.6. The van der Waals surface area contributed by atoms with Crippen LogP contribution in [0, 0.1) is 12.7 Å². The molecule has 4 nitrogen and oxygen atoms in total. The van der Waals surface area contributed by atoms with Gasteiger partial charge in [0.1, 0.15) is 0 Å². The van der Waals surface area contributed by atoms with E-state index in [0.717, 1.165) is 0 Å². The van der Waals surface area contributed by atoms with Crippen LogP contribution in [0.25, 0.3) is 0 Å². The molecule has 0 spiro atoms. The lowest BCUT2D eigenvalue weighted by molar-refractivity contribution is -0.137. The molecule has 0 bridgehead atoms. The van der Waals surface area contributed by atoms with Crippen molar-refractivity contribution in [3.63, 3.8) is 0 Å². The van der Waals surface area contributed by atoms with Crippen molar-refractivity contribution in [2.75, 3.05) is 7.11 Å². The Morgan fingerprint density at radius 1 is 1.62 bits per heavy atom. The summed E-state index contributed by atoms with van der Waals surface area (Å²) in [5.41, 5.74) is 6.47. The van der Waals surface area contributed by atoms with Crippen LogP contribution in [0.1, 0.15) is 23.6 Å². The second kappa shape index (κ2) is 4.94. The van der Waals surface area contributed by atoms with Gasteiger partial charge in [0.15, 0.2) is 11.6 Å². The van der Waals surface area contributed by atoms with Gasteiger partial charge in [-0.3, -0.25) is 4.79 Å². The number of methoxy groups -OCH3 is 1. The Bertz CT molecular complexity index is 406. The number of halogens is 1. The van der Waals surface area contributed by atoms with Crippen LogP contribution in [0.15, 0.2) is 12.1 Å². The third-order valence-corrected chi connectivity index (χ3v) is 2.32. The number of ether oxygens (including phenoxy) is 1. The number of hydrogen-bond acceptors (Lipinski definition) is 3. The first kappa shape index (κ1) is 12.4. The second-order valence-electron chi connectivity index (χ2n) is 3.52. The number of carboxylic acid groups (broad SMARTS) is 1. The zero-order valence-electron chi connectivity index (χ0n) is 9.16. The Kier molecular flexibility index (Phi) is 3.84. The average molecular weight is 227 g/mol. The maximum atomic E-state index is 13.6. The van der Waals surface area contributed by atoms with Crippen LogP contribution < -0.4 is 10.5 Å². The van der Waals surface area contributed by atoms with Crippen LogP contribution in [0.5, 0.6) is 5.75 Å². The van der Waals surface area contributed by atoms with Crippen molar-refractivity contribution >= 4 is 5.97 Å². The summed E-state index contributed by atoms with van der Waals surface area (Å²) < 4.78 is 18.5. The molecule has 1 aromatic carbocycles. The van der Waals surface area contributed by atoms with Crippen molar-refractivity contribution in [3.05, 3.63) is 29.1 Å². The maximum Gasteiger partial charge on any atom is 0.305 e. The van der Waals surface area contributed by atoms with Gasteiger partial charge in [-0.25, -0.2) is 4.39 Å². The number of hydrogen-bond donors (Lipinski definition) is 2. The lowest BCUT2D eigenvalue weighted by Gasteiger charge is -2.15. The molecule has 1 unspecified atom stereocenters. The van der Waals surface area contributed by atoms with Gasteiger partial charge in [0.05, 0.1) is 13.5 Å². The molecule has 0 radical (unpaired) electrons. The molecule has 1 aromatic rings. The molecule has 0 saturated heterocycles. The molecule has 0 heterocycles. The first-order valence-electron chi connectivity index (χ1n) is 4.77. The van der Waals surface area contributed by atoms with Crippen molar-refractivity contribution in [1.29, 1.82) is 0 Å². The fraction of sp³-hybridized carbons (Fsp3) is 0.364. The van der Waals surface area contributed by atoms with E-state index in [1.165, 1.54) is 7.11 Å². The highest BCUT2D eigenvalue weighted by molar-refractivity contribution is 5.68. The highest BCUT2D eigenvalue weighted by Gasteiger charge is 2.19. The fourth-order valence-electron chi connectivity index (χ4n) is 1.47. The summed E-state index contributed by atoms with van der Waals surface area (Å²) in [5.74, 6) is -1.51. The van der Waals surface area contributed by atoms with Crippen LogP contribution >= 0.6 is 0 Å². The number of carbonyl (C=O) groups is 1. The molecule has 0 fully saturated rings. The molecule has 5 heteroatoms. The van der Waals surface area contributed by atoms with Gasteiger partial charge < -0.3 is 15.6 Å². The van der Waals surface area contributed by atoms with E-state index in [9.17, 15) is 9.18 Å². The van der Waals surface area contributed by atoms with Crippen molar-refractivity contribution in [3.8, 4) is 5.75 Å². The zero-order valence-corrected chi connectivity index (χ0v) is 9.16. The predicted octanol–water partition coefficient (Wildman–Crippen LogP) is 1.62. The normalized spacial score (nSPS) is 12.2. The summed E-state index contributed by atoms with van der Waals surface area (Å²) in [6.45, 7) is 1.60. The van der Waals surface area contributed by atoms with E-state index < -0.39 is 17.8 Å². The summed E-state index contributed by atoms with van der Waals surface area (Å²) in [4.78, 5) is 10.5. The van der Waals surface area contributed by atoms with Gasteiger partial charge in [-0.2, -0.15) is 0 Å². The smallest absolute Gasteiger partial charge is 0.305 e. The summed E-state index contributed by atoms with van der Waals surface area (Å²) >= 11 is 0. The van der Waals surface area contributed by atoms with E-state index in [0.29, 0.717) is 11.1 Å². The number of benzene rings is 1. The number of rotatable bonds is 4. The monoisotopic (exact) mass is 227 g/mol. The van der Waals surface area contributed by atoms with Crippen molar-refractivity contribution in [1.82, 2.24) is 0 Å². The van der Waals surface area contributed by atoms with Gasteiger partial charge in [-0.05, 0) is 12.5 Å². The number of carboxylic acids is 1. The highest BCUT2D eigenvalue weighted by atomic mass is 19.1. The minimum atomic E-state index is -1.03. The molecule has 1 atom stereocenters. The molecule has 0 aliphatic carbocycles. The number of nitrogens with two attached hydrogens (primary N) is 1. The van der Waals surface area contributed by atoms with E-state index in [2.05, 4.69) is 0 Å². The lowest BCUT2D eigenvalue weighted by atomic mass is 10.0. The SMILES string of the molecule is COc1c(C(N)CC(=O)O)ccc(C)c1F. The number of aliphatic carboxylic acids is 1. The van der Waals surface area contributed by atoms with E-state index in [4.69, 9.17) is 15.6 Å². The minimum Gasteiger partial charge on any atom is -0.493 e. The highest BCUT2D eigenvalue weighted by Crippen LogP contribution is 2.30. The van der Waals surface area contributed by atoms with Gasteiger partial charge in [-0.15, -0.1) is 0 Å². The van der Waals surface area contributed by atoms with E-state index in [1.807, 2.05) is 0 Å². The van der Waals surface area contributed by atoms with Gasteiger partial charge in [0, 0.05) is 11.6 Å². The molecule has 0 aliphatic heterocycles. The van der Waals surface area contributed by atoms with Gasteiger partial charge in [0.25, 0.3) is 0 Å². The molecule has 0 amide bonds. The summed E-state index contributed by atoms with van der Waals surface area (Å²) in [6.07, 6.45) is -0.265. The Morgan fingerprint density at radius 3 is 2.75 bits per heavy atom. The summed E-state index contributed by atoms with van der Waals surface area (Å²) in [5, 5.41) is 8.62. The van der Waals surface area contributed by atoms with Crippen LogP contribution in [-0.2, 0) is 4.79 Å². The molecule has 88 valence electrons. The lowest BCUT2D eigenvalue weighted by Crippen LogP contribution is -2.16. The summed E-state index contributed by atoms with van der Waals surface area (Å²) in [7, 11) is 1.33. The van der Waals surface area contributed by atoms with E-state index in [1.54, 1.807) is 19.1 Å². The van der Waals surface area contributed by atoms with Gasteiger partial charge in [0.2, 0.25) is 0 Å². The fourth-order valence-corrected chi connectivity index (χ4v) is 1.47. The summed E-state index contributed by atoms with van der Waals surface area (Å²) in [6, 6.07) is 2.36. The van der Waals surface area contributed by atoms with Gasteiger partial charge >= 0.3 is 5.97 Å². The van der Waals surface area contributed by atoms with Gasteiger partial charge in [-0.1, -0.05) is 12.1 Å². The van der Waals surface area contributed by atoms with Crippen molar-refractivity contribution in [2.45, 2.75) is 19.4 Å². The standard InChI is InChI=1S/C11H14FNO3/c1-6-3-4-7(8(13)5-9(14)15)11(16-2)10(6)12/h3-4,8H,5,13H2,1-2H3,(H,14,15). The largest absolute Gasteiger partial charge is 0.493 e. The van der Waals surface area contributed by atoms with Crippen LogP contribution in [0.2, 0.25) is 0 Å². The molecular formula is C11H14FNO3. The van der Waals surface area contributed by atoms with Crippen LogP contribution in [-0.4, -0.2) is 18.2 Å². The minimum absolute atomic E-state index is 0.0220. The van der Waals surface area contributed by atoms with Crippen molar-refractivity contribution in [2.24, 2.45) is 5.73 Å². The Balaban J connectivity index is 3.13. The molecule has 0 aromatic heterocycles. The van der Waals surface area contributed by atoms with E-state index in [-0.39, 0.29) is 12.2 Å². The molecule has 0 saturated carbocycles. The zero-order chi connectivity index (χ0) is 12.3. The molecule has 1 rings (SSSR count). The first-order chi connectivity index (χ1) is 7.47. The average Bonchev–Trinajstić information content (AvgIpc) is 2.20. The van der Waals surface area contributed by atoms with E-state index >= 15 is 0 Å². The Morgan fingerprint density at radius 2 is 2.25 bits per heavy atom. The second-order valence-corrected chi connectivity index (χ2v) is 3.52. The number of aryl methyl sites for hydroxylation is 1. The molecule has 16 heavy (non-hydrogen) atoms. The third kappa shape index (κ3) is 2.49. The molecule has 3 N–H and O–H groups in total. The predicted molar refractivity (Wildman–Crippen MR) is 56.9 cm³/mol. The van der Waals surface area contributed by atoms with Crippen molar-refractivity contribution < 1.29 is 19.0 Å². The molecule has 0 aliphatic rings. The third-order valence-electron chi connectivity index (χ3n) is 2.32. The topological polar surface area (TPSA) is 72.5 Å². The Hall–Kier alpha value is -1.62. The molecular weight excluding hydrogens is 213 g/mol. The van der Waals surface area contributed by atoms with Crippen LogP contribution in [0.4, 0.5) is 4.39 Å². The quantitative estimate of drug-likeness (QED) is 0.819. The van der Waals surface area contributed by atoms with Crippen LogP contribution in [0.3, 0.4) is 0 Å². The Labute approximate surface area is 92.8 Å².